The van der Waals surface area contributed by atoms with Gasteiger partial charge in [0, 0.05) is 32.1 Å². The molecule has 0 unspecified atom stereocenters. The molecule has 2 aliphatic heterocycles. The first kappa shape index (κ1) is 25.3. The van der Waals surface area contributed by atoms with E-state index in [1.54, 1.807) is 0 Å². The van der Waals surface area contributed by atoms with Gasteiger partial charge < -0.3 is 24.8 Å². The minimum Gasteiger partial charge on any atom is -0.494 e. The van der Waals surface area contributed by atoms with E-state index in [0.717, 1.165) is 76.5 Å². The monoisotopic (exact) mass is 491 g/mol. The largest absolute Gasteiger partial charge is 0.494 e. The molecule has 192 valence electrons. The predicted octanol–water partition coefficient (Wildman–Crippen LogP) is 3.90. The maximum atomic E-state index is 13.3. The van der Waals surface area contributed by atoms with Gasteiger partial charge in [-0.1, -0.05) is 0 Å². The lowest BCUT2D eigenvalue weighted by Crippen LogP contribution is -2.43. The van der Waals surface area contributed by atoms with Gasteiger partial charge in [-0.3, -0.25) is 4.79 Å². The van der Waals surface area contributed by atoms with Crippen molar-refractivity contribution in [3.63, 3.8) is 0 Å². The van der Waals surface area contributed by atoms with Crippen molar-refractivity contribution >= 4 is 11.9 Å². The standard InChI is InChI=1S/C25H35F2N5O3/c1-17-14-20(5-6-21(17)22(33)29-10-7-19-15-28-16-19)34-13-3-4-18-8-11-32(12-9-18)24-30-23(35-31-24)25(2,26)27/h5-6,14,18-19,28H,3-4,7-13,15-16H2,1-2H3,(H,29,33). The fourth-order valence-corrected chi connectivity index (χ4v) is 4.52. The molecule has 3 heterocycles. The summed E-state index contributed by atoms with van der Waals surface area (Å²) in [5.41, 5.74) is 1.59. The highest BCUT2D eigenvalue weighted by Crippen LogP contribution is 2.29. The van der Waals surface area contributed by atoms with Gasteiger partial charge in [0.1, 0.15) is 5.75 Å². The van der Waals surface area contributed by atoms with Crippen molar-refractivity contribution < 1.29 is 22.8 Å². The smallest absolute Gasteiger partial charge is 0.322 e. The number of aryl methyl sites for hydroxylation is 1. The Morgan fingerprint density at radius 1 is 1.26 bits per heavy atom. The van der Waals surface area contributed by atoms with E-state index in [9.17, 15) is 13.6 Å². The van der Waals surface area contributed by atoms with Gasteiger partial charge >= 0.3 is 5.92 Å². The average molecular weight is 492 g/mol. The number of aromatic nitrogens is 2. The number of anilines is 1. The lowest BCUT2D eigenvalue weighted by molar-refractivity contribution is -0.0158. The van der Waals surface area contributed by atoms with Crippen LogP contribution < -0.4 is 20.3 Å². The van der Waals surface area contributed by atoms with Crippen LogP contribution in [-0.2, 0) is 5.92 Å². The lowest BCUT2D eigenvalue weighted by atomic mass is 9.92. The normalized spacial score (nSPS) is 17.3. The van der Waals surface area contributed by atoms with Gasteiger partial charge in [-0.05, 0) is 92.9 Å². The molecule has 4 rings (SSSR count). The number of carbonyl (C=O) groups excluding carboxylic acids is 1. The van der Waals surface area contributed by atoms with Crippen molar-refractivity contribution in [3.8, 4) is 5.75 Å². The highest BCUT2D eigenvalue weighted by atomic mass is 19.3. The molecule has 2 aliphatic rings. The van der Waals surface area contributed by atoms with Crippen molar-refractivity contribution in [1.82, 2.24) is 20.8 Å². The Hall–Kier alpha value is -2.75. The first-order valence-electron chi connectivity index (χ1n) is 12.5. The van der Waals surface area contributed by atoms with Gasteiger partial charge in [-0.15, -0.1) is 0 Å². The fourth-order valence-electron chi connectivity index (χ4n) is 4.52. The first-order chi connectivity index (χ1) is 16.8. The zero-order valence-electron chi connectivity index (χ0n) is 20.5. The second-order valence-electron chi connectivity index (χ2n) is 9.75. The molecule has 2 fully saturated rings. The van der Waals surface area contributed by atoms with Crippen molar-refractivity contribution in [2.45, 2.75) is 51.9 Å². The third-order valence-electron chi connectivity index (χ3n) is 6.86. The summed E-state index contributed by atoms with van der Waals surface area (Å²) in [5.74, 6) is -1.55. The van der Waals surface area contributed by atoms with Gasteiger partial charge in [0.15, 0.2) is 0 Å². The average Bonchev–Trinajstić information content (AvgIpc) is 3.30. The number of alkyl halides is 2. The minimum absolute atomic E-state index is 0.0341. The number of nitrogens with one attached hydrogen (secondary N) is 2. The van der Waals surface area contributed by atoms with Crippen LogP contribution in [-0.4, -0.2) is 55.4 Å². The van der Waals surface area contributed by atoms with Crippen molar-refractivity contribution in [2.24, 2.45) is 11.8 Å². The Morgan fingerprint density at radius 2 is 2.03 bits per heavy atom. The molecule has 0 aliphatic carbocycles. The van der Waals surface area contributed by atoms with E-state index in [-0.39, 0.29) is 11.9 Å². The molecule has 35 heavy (non-hydrogen) atoms. The number of halogens is 2. The number of hydrogen-bond donors (Lipinski definition) is 2. The van der Waals surface area contributed by atoms with E-state index >= 15 is 0 Å². The Labute approximate surface area is 204 Å². The lowest BCUT2D eigenvalue weighted by Gasteiger charge is -2.30. The number of amides is 1. The second-order valence-corrected chi connectivity index (χ2v) is 9.75. The molecule has 2 saturated heterocycles. The van der Waals surface area contributed by atoms with E-state index in [2.05, 4.69) is 20.8 Å². The Balaban J connectivity index is 1.13. The molecule has 1 aromatic heterocycles. The zero-order chi connectivity index (χ0) is 24.8. The number of piperidine rings is 1. The third kappa shape index (κ3) is 6.90. The predicted molar refractivity (Wildman–Crippen MR) is 128 cm³/mol. The molecule has 0 radical (unpaired) electrons. The van der Waals surface area contributed by atoms with Gasteiger partial charge in [0.2, 0.25) is 0 Å². The summed E-state index contributed by atoms with van der Waals surface area (Å²) < 4.78 is 37.2. The third-order valence-corrected chi connectivity index (χ3v) is 6.86. The van der Waals surface area contributed by atoms with E-state index in [4.69, 9.17) is 9.26 Å². The molecular formula is C25H35F2N5O3. The summed E-state index contributed by atoms with van der Waals surface area (Å²) in [7, 11) is 0. The summed E-state index contributed by atoms with van der Waals surface area (Å²) in [5, 5.41) is 9.96. The summed E-state index contributed by atoms with van der Waals surface area (Å²) in [6.45, 7) is 7.53. The number of rotatable bonds is 11. The number of carbonyl (C=O) groups is 1. The molecule has 1 aromatic carbocycles. The fraction of sp³-hybridized carbons (Fsp3) is 0.640. The van der Waals surface area contributed by atoms with E-state index in [1.807, 2.05) is 30.0 Å². The zero-order valence-corrected chi connectivity index (χ0v) is 20.5. The minimum atomic E-state index is -3.12. The molecule has 0 spiro atoms. The molecule has 10 heteroatoms. The molecule has 0 atom stereocenters. The van der Waals surface area contributed by atoms with Gasteiger partial charge in [-0.2, -0.15) is 13.8 Å². The van der Waals surface area contributed by atoms with Gasteiger partial charge in [0.25, 0.3) is 17.7 Å². The summed E-state index contributed by atoms with van der Waals surface area (Å²) in [6.07, 6.45) is 4.87. The number of nitrogens with zero attached hydrogens (tertiary/aromatic N) is 3. The van der Waals surface area contributed by atoms with E-state index in [1.165, 1.54) is 0 Å². The quantitative estimate of drug-likeness (QED) is 0.461. The Bertz CT molecular complexity index is 982. The van der Waals surface area contributed by atoms with Crippen LogP contribution in [0.1, 0.15) is 60.8 Å². The maximum absolute atomic E-state index is 13.3. The van der Waals surface area contributed by atoms with Crippen molar-refractivity contribution in [2.75, 3.05) is 44.2 Å². The van der Waals surface area contributed by atoms with Crippen LogP contribution in [0.2, 0.25) is 0 Å². The number of benzene rings is 1. The SMILES string of the molecule is Cc1cc(OCCCC2CCN(c3noc(C(C)(F)F)n3)CC2)ccc1C(=O)NCCC1CNC1. The molecule has 0 bridgehead atoms. The molecule has 2 N–H and O–H groups in total. The van der Waals surface area contributed by atoms with Crippen molar-refractivity contribution in [1.29, 1.82) is 0 Å². The van der Waals surface area contributed by atoms with Crippen molar-refractivity contribution in [3.05, 3.63) is 35.2 Å². The van der Waals surface area contributed by atoms with Crippen LogP contribution in [0.3, 0.4) is 0 Å². The van der Waals surface area contributed by atoms with Crippen LogP contribution in [0.25, 0.3) is 0 Å². The van der Waals surface area contributed by atoms with Crippen LogP contribution in [0.15, 0.2) is 22.7 Å². The summed E-state index contributed by atoms with van der Waals surface area (Å²) in [4.78, 5) is 18.2. The highest BCUT2D eigenvalue weighted by molar-refractivity contribution is 5.95. The Kier molecular flexibility index (Phi) is 8.20. The van der Waals surface area contributed by atoms with E-state index < -0.39 is 11.8 Å². The van der Waals surface area contributed by atoms with Crippen LogP contribution >= 0.6 is 0 Å². The molecule has 2 aromatic rings. The molecule has 0 saturated carbocycles. The molecule has 1 amide bonds. The van der Waals surface area contributed by atoms with Gasteiger partial charge in [-0.25, -0.2) is 0 Å². The van der Waals surface area contributed by atoms with Gasteiger partial charge in [0.05, 0.1) is 6.61 Å². The Morgan fingerprint density at radius 3 is 2.66 bits per heavy atom. The molecular weight excluding hydrogens is 456 g/mol. The number of ether oxygens (including phenoxy) is 1. The van der Waals surface area contributed by atoms with Crippen LogP contribution in [0.4, 0.5) is 14.7 Å². The van der Waals surface area contributed by atoms with E-state index in [0.29, 0.717) is 30.6 Å². The topological polar surface area (TPSA) is 92.5 Å². The summed E-state index contributed by atoms with van der Waals surface area (Å²) in [6, 6.07) is 5.61. The number of hydrogen-bond acceptors (Lipinski definition) is 7. The van der Waals surface area contributed by atoms with Crippen LogP contribution in [0.5, 0.6) is 5.75 Å². The maximum Gasteiger partial charge on any atom is 0.322 e. The second kappa shape index (κ2) is 11.3. The highest BCUT2D eigenvalue weighted by Gasteiger charge is 2.33. The molecule has 8 nitrogen and oxygen atoms in total. The summed E-state index contributed by atoms with van der Waals surface area (Å²) >= 11 is 0. The van der Waals surface area contributed by atoms with Crippen LogP contribution in [0, 0.1) is 18.8 Å². The first-order valence-corrected chi connectivity index (χ1v) is 12.5.